The van der Waals surface area contributed by atoms with Gasteiger partial charge in [-0.05, 0) is 18.2 Å². The highest BCUT2D eigenvalue weighted by Gasteiger charge is 2.05. The molecule has 0 spiro atoms. The number of nitrogens with zero attached hydrogens (tertiary/aromatic N) is 1. The summed E-state index contributed by atoms with van der Waals surface area (Å²) in [7, 11) is 1.83. The Morgan fingerprint density at radius 2 is 2.40 bits per heavy atom. The summed E-state index contributed by atoms with van der Waals surface area (Å²) in [6.07, 6.45) is 0.697. The molecule has 1 aromatic heterocycles. The molecular weight excluding hydrogens is 248 g/mol. The summed E-state index contributed by atoms with van der Waals surface area (Å²) in [6.45, 7) is 0. The quantitative estimate of drug-likeness (QED) is 0.836. The number of hydrogen-bond donors (Lipinski definition) is 1. The lowest BCUT2D eigenvalue weighted by Gasteiger charge is -1.96. The van der Waals surface area contributed by atoms with Crippen LogP contribution in [0.2, 0.25) is 5.02 Å². The van der Waals surface area contributed by atoms with Crippen LogP contribution in [-0.2, 0) is 6.42 Å². The van der Waals surface area contributed by atoms with E-state index >= 15 is 0 Å². The third kappa shape index (κ3) is 2.45. The molecule has 0 saturated heterocycles. The molecule has 5 heteroatoms. The second-order valence-corrected chi connectivity index (χ2v) is 5.11. The van der Waals surface area contributed by atoms with Crippen LogP contribution in [0.25, 0.3) is 10.2 Å². The van der Waals surface area contributed by atoms with Gasteiger partial charge in [-0.15, -0.1) is 11.3 Å². The molecule has 0 radical (unpaired) electrons. The van der Waals surface area contributed by atoms with Crippen LogP contribution in [0.3, 0.4) is 0 Å². The molecule has 1 N–H and O–H groups in total. The molecule has 2 rings (SSSR count). The molecule has 15 heavy (non-hydrogen) atoms. The maximum absolute atomic E-state index is 5.89. The van der Waals surface area contributed by atoms with Gasteiger partial charge in [-0.2, -0.15) is 0 Å². The Morgan fingerprint density at radius 3 is 3.13 bits per heavy atom. The van der Waals surface area contributed by atoms with Crippen molar-refractivity contribution in [3.8, 4) is 0 Å². The number of benzene rings is 1. The number of rotatable bonds is 2. The van der Waals surface area contributed by atoms with E-state index in [4.69, 9.17) is 23.8 Å². The van der Waals surface area contributed by atoms with E-state index in [9.17, 15) is 0 Å². The smallest absolute Gasteiger partial charge is 0.101 e. The van der Waals surface area contributed by atoms with Gasteiger partial charge in [0.15, 0.2) is 0 Å². The fraction of sp³-hybridized carbons (Fsp3) is 0.200. The van der Waals surface area contributed by atoms with Gasteiger partial charge < -0.3 is 5.32 Å². The number of thiazole rings is 1. The summed E-state index contributed by atoms with van der Waals surface area (Å²) in [6, 6.07) is 5.74. The standard InChI is InChI=1S/C10H9ClN2S2/c1-12-9(14)5-10-13-7-4-6(11)2-3-8(7)15-10/h2-4H,5H2,1H3,(H,12,14). The predicted octanol–water partition coefficient (Wildman–Crippen LogP) is 3.04. The van der Waals surface area contributed by atoms with Crippen LogP contribution in [-0.4, -0.2) is 17.0 Å². The van der Waals surface area contributed by atoms with Crippen molar-refractivity contribution >= 4 is 50.4 Å². The molecule has 0 saturated carbocycles. The number of hydrogen-bond acceptors (Lipinski definition) is 3. The number of halogens is 1. The van der Waals surface area contributed by atoms with Crippen LogP contribution in [0.15, 0.2) is 18.2 Å². The summed E-state index contributed by atoms with van der Waals surface area (Å²) >= 11 is 12.6. The molecule has 1 aromatic carbocycles. The SMILES string of the molecule is CNC(=S)Cc1nc2cc(Cl)ccc2s1. The minimum Gasteiger partial charge on any atom is -0.382 e. The Labute approximate surface area is 102 Å². The molecule has 0 unspecified atom stereocenters. The van der Waals surface area contributed by atoms with Gasteiger partial charge in [0, 0.05) is 12.1 Å². The maximum atomic E-state index is 5.89. The van der Waals surface area contributed by atoms with Crippen molar-refractivity contribution in [3.05, 3.63) is 28.2 Å². The van der Waals surface area contributed by atoms with E-state index in [0.29, 0.717) is 6.42 Å². The van der Waals surface area contributed by atoms with Gasteiger partial charge in [0.2, 0.25) is 0 Å². The molecule has 0 fully saturated rings. The second-order valence-electron chi connectivity index (χ2n) is 3.07. The molecule has 78 valence electrons. The molecule has 1 heterocycles. The van der Waals surface area contributed by atoms with E-state index in [1.54, 1.807) is 11.3 Å². The summed E-state index contributed by atoms with van der Waals surface area (Å²) in [5.74, 6) is 0. The molecule has 0 amide bonds. The van der Waals surface area contributed by atoms with Gasteiger partial charge >= 0.3 is 0 Å². The van der Waals surface area contributed by atoms with Gasteiger partial charge in [-0.25, -0.2) is 4.98 Å². The summed E-state index contributed by atoms with van der Waals surface area (Å²) < 4.78 is 1.15. The van der Waals surface area contributed by atoms with Gasteiger partial charge in [0.25, 0.3) is 0 Å². The highest BCUT2D eigenvalue weighted by Crippen LogP contribution is 2.25. The number of aromatic nitrogens is 1. The molecular formula is C10H9ClN2S2. The Morgan fingerprint density at radius 1 is 1.60 bits per heavy atom. The number of fused-ring (bicyclic) bond motifs is 1. The second kappa shape index (κ2) is 4.43. The lowest BCUT2D eigenvalue weighted by Crippen LogP contribution is -2.17. The Bertz CT molecular complexity index is 507. The molecule has 0 atom stereocenters. The molecule has 0 aliphatic carbocycles. The average molecular weight is 257 g/mol. The summed E-state index contributed by atoms with van der Waals surface area (Å²) in [4.78, 5) is 5.27. The van der Waals surface area contributed by atoms with Crippen molar-refractivity contribution in [3.63, 3.8) is 0 Å². The Hall–Kier alpha value is -0.710. The molecule has 0 bridgehead atoms. The molecule has 2 aromatic rings. The number of likely N-dealkylation sites (N-methyl/N-ethyl adjacent to an activating group) is 1. The van der Waals surface area contributed by atoms with Crippen molar-refractivity contribution in [2.45, 2.75) is 6.42 Å². The minimum absolute atomic E-state index is 0.697. The largest absolute Gasteiger partial charge is 0.382 e. The highest BCUT2D eigenvalue weighted by molar-refractivity contribution is 7.80. The van der Waals surface area contributed by atoms with Crippen molar-refractivity contribution in [2.24, 2.45) is 0 Å². The normalized spacial score (nSPS) is 10.5. The highest BCUT2D eigenvalue weighted by atomic mass is 35.5. The topological polar surface area (TPSA) is 24.9 Å². The minimum atomic E-state index is 0.697. The van der Waals surface area contributed by atoms with Crippen LogP contribution < -0.4 is 5.32 Å². The van der Waals surface area contributed by atoms with E-state index in [0.717, 1.165) is 25.2 Å². The number of thiocarbonyl (C=S) groups is 1. The van der Waals surface area contributed by atoms with E-state index in [2.05, 4.69) is 10.3 Å². The van der Waals surface area contributed by atoms with Gasteiger partial charge in [-0.1, -0.05) is 23.8 Å². The Kier molecular flexibility index (Phi) is 3.19. The van der Waals surface area contributed by atoms with E-state index < -0.39 is 0 Å². The zero-order chi connectivity index (χ0) is 10.8. The summed E-state index contributed by atoms with van der Waals surface area (Å²) in [5.41, 5.74) is 0.946. The Balaban J connectivity index is 2.34. The monoisotopic (exact) mass is 256 g/mol. The van der Waals surface area contributed by atoms with Gasteiger partial charge in [0.05, 0.1) is 21.6 Å². The average Bonchev–Trinajstić information content (AvgIpc) is 2.59. The van der Waals surface area contributed by atoms with Gasteiger partial charge in [0.1, 0.15) is 5.01 Å². The lowest BCUT2D eigenvalue weighted by molar-refractivity contribution is 1.13. The molecule has 2 nitrogen and oxygen atoms in total. The molecule has 0 aliphatic heterocycles. The van der Waals surface area contributed by atoms with Crippen molar-refractivity contribution in [2.75, 3.05) is 7.05 Å². The van der Waals surface area contributed by atoms with Crippen LogP contribution in [0.5, 0.6) is 0 Å². The zero-order valence-corrected chi connectivity index (χ0v) is 10.5. The van der Waals surface area contributed by atoms with Crippen LogP contribution in [0.4, 0.5) is 0 Å². The van der Waals surface area contributed by atoms with E-state index in [1.165, 1.54) is 0 Å². The first kappa shape index (κ1) is 10.8. The zero-order valence-electron chi connectivity index (χ0n) is 8.08. The van der Waals surface area contributed by atoms with Gasteiger partial charge in [-0.3, -0.25) is 0 Å². The van der Waals surface area contributed by atoms with E-state index in [1.807, 2.05) is 25.2 Å². The van der Waals surface area contributed by atoms with Crippen LogP contribution in [0.1, 0.15) is 5.01 Å². The van der Waals surface area contributed by atoms with E-state index in [-0.39, 0.29) is 0 Å². The van der Waals surface area contributed by atoms with Crippen molar-refractivity contribution < 1.29 is 0 Å². The van der Waals surface area contributed by atoms with Crippen LogP contribution in [0, 0.1) is 0 Å². The lowest BCUT2D eigenvalue weighted by atomic mass is 10.3. The first-order valence-corrected chi connectivity index (χ1v) is 6.05. The molecule has 0 aliphatic rings. The summed E-state index contributed by atoms with van der Waals surface area (Å²) in [5, 5.41) is 4.68. The fourth-order valence-electron chi connectivity index (χ4n) is 1.25. The third-order valence-corrected chi connectivity index (χ3v) is 3.60. The number of nitrogens with one attached hydrogen (secondary N) is 1. The van der Waals surface area contributed by atoms with Crippen molar-refractivity contribution in [1.29, 1.82) is 0 Å². The first-order valence-electron chi connectivity index (χ1n) is 4.44. The first-order chi connectivity index (χ1) is 7.19. The van der Waals surface area contributed by atoms with Crippen molar-refractivity contribution in [1.82, 2.24) is 10.3 Å². The predicted molar refractivity (Wildman–Crippen MR) is 70.0 cm³/mol. The third-order valence-electron chi connectivity index (χ3n) is 1.98. The van der Waals surface area contributed by atoms with Crippen LogP contribution >= 0.6 is 35.2 Å². The fourth-order valence-corrected chi connectivity index (χ4v) is 2.60. The maximum Gasteiger partial charge on any atom is 0.101 e.